The first kappa shape index (κ1) is 25.4. The molecule has 0 heterocycles. The number of hydrogen-bond acceptors (Lipinski definition) is 1. The zero-order valence-corrected chi connectivity index (χ0v) is 17.9. The molecule has 0 fully saturated rings. The molecule has 0 radical (unpaired) electrons. The van der Waals surface area contributed by atoms with E-state index in [1.54, 1.807) is 0 Å². The Labute approximate surface area is 165 Å². The van der Waals surface area contributed by atoms with Crippen LogP contribution in [0.1, 0.15) is 129 Å². The minimum atomic E-state index is 0.281. The number of aliphatic hydroxyl groups is 1. The molecule has 0 aromatic carbocycles. The molecule has 26 heavy (non-hydrogen) atoms. The summed E-state index contributed by atoms with van der Waals surface area (Å²) in [7, 11) is 0. The average molecular weight is 365 g/mol. The molecule has 0 bridgehead atoms. The van der Waals surface area contributed by atoms with E-state index in [2.05, 4.69) is 31.2 Å². The van der Waals surface area contributed by atoms with E-state index in [1.807, 2.05) is 0 Å². The normalized spacial score (nSPS) is 11.9. The van der Waals surface area contributed by atoms with E-state index in [-0.39, 0.29) is 6.61 Å². The van der Waals surface area contributed by atoms with Crippen molar-refractivity contribution >= 4 is 0 Å². The van der Waals surface area contributed by atoms with Crippen LogP contribution in [0.4, 0.5) is 0 Å². The molecule has 0 spiro atoms. The van der Waals surface area contributed by atoms with E-state index in [9.17, 15) is 0 Å². The first-order valence-electron chi connectivity index (χ1n) is 11.8. The second kappa shape index (κ2) is 24.4. The van der Waals surface area contributed by atoms with Crippen LogP contribution in [0, 0.1) is 0 Å². The van der Waals surface area contributed by atoms with Crippen LogP contribution in [0.15, 0.2) is 24.3 Å². The molecular formula is C25H48O. The first-order chi connectivity index (χ1) is 12.9. The van der Waals surface area contributed by atoms with Gasteiger partial charge in [0.15, 0.2) is 0 Å². The van der Waals surface area contributed by atoms with E-state index in [4.69, 9.17) is 5.11 Å². The summed E-state index contributed by atoms with van der Waals surface area (Å²) in [5.74, 6) is 0. The van der Waals surface area contributed by atoms with Crippen molar-refractivity contribution in [2.24, 2.45) is 0 Å². The molecule has 0 aromatic rings. The molecule has 0 atom stereocenters. The molecule has 0 aliphatic rings. The highest BCUT2D eigenvalue weighted by atomic mass is 16.2. The summed E-state index contributed by atoms with van der Waals surface area (Å²) in [5.41, 5.74) is 0. The van der Waals surface area contributed by atoms with Crippen LogP contribution in [0.2, 0.25) is 0 Å². The van der Waals surface area contributed by atoms with Crippen LogP contribution in [0.25, 0.3) is 0 Å². The van der Waals surface area contributed by atoms with Crippen molar-refractivity contribution < 1.29 is 5.11 Å². The molecule has 0 unspecified atom stereocenters. The summed E-state index contributed by atoms with van der Waals surface area (Å²) >= 11 is 0. The maximum atomic E-state index is 8.67. The fourth-order valence-electron chi connectivity index (χ4n) is 3.35. The lowest BCUT2D eigenvalue weighted by atomic mass is 10.1. The largest absolute Gasteiger partial charge is 0.396 e. The first-order valence-corrected chi connectivity index (χ1v) is 11.8. The second-order valence-electron chi connectivity index (χ2n) is 7.77. The second-order valence-corrected chi connectivity index (χ2v) is 7.77. The summed E-state index contributed by atoms with van der Waals surface area (Å²) in [6, 6.07) is 0. The standard InChI is InChI=1S/C25H48O/c1-2-3-4-5-6-7-8-9-10-11-12-13-14-15-16-17-18-19-20-21-22-23-24-25-26/h13-14,22-23,26H,2-12,15-21,24-25H2,1H3/b14-13+,23-22+. The fourth-order valence-corrected chi connectivity index (χ4v) is 3.35. The predicted octanol–water partition coefficient (Wildman–Crippen LogP) is 8.52. The lowest BCUT2D eigenvalue weighted by molar-refractivity contribution is 0.302. The van der Waals surface area contributed by atoms with Gasteiger partial charge in [-0.05, 0) is 44.9 Å². The molecule has 0 amide bonds. The number of rotatable bonds is 21. The fraction of sp³-hybridized carbons (Fsp3) is 0.840. The summed E-state index contributed by atoms with van der Waals surface area (Å²) in [5, 5.41) is 8.67. The molecule has 1 N–H and O–H groups in total. The van der Waals surface area contributed by atoms with Gasteiger partial charge < -0.3 is 5.11 Å². The summed E-state index contributed by atoms with van der Waals surface area (Å²) in [4.78, 5) is 0. The van der Waals surface area contributed by atoms with Crippen molar-refractivity contribution in [3.05, 3.63) is 24.3 Å². The molecule has 0 rings (SSSR count). The molecule has 0 aliphatic heterocycles. The summed E-state index contributed by atoms with van der Waals surface area (Å²) in [6.07, 6.45) is 34.8. The van der Waals surface area contributed by atoms with Crippen LogP contribution >= 0.6 is 0 Å². The Bertz CT molecular complexity index is 293. The number of allylic oxidation sites excluding steroid dienone is 3. The zero-order valence-electron chi connectivity index (χ0n) is 17.9. The van der Waals surface area contributed by atoms with Crippen molar-refractivity contribution in [1.29, 1.82) is 0 Å². The van der Waals surface area contributed by atoms with Crippen LogP contribution in [-0.2, 0) is 0 Å². The van der Waals surface area contributed by atoms with Crippen LogP contribution < -0.4 is 0 Å². The lowest BCUT2D eigenvalue weighted by Gasteiger charge is -2.01. The summed E-state index contributed by atoms with van der Waals surface area (Å²) in [6.45, 7) is 2.57. The van der Waals surface area contributed by atoms with Gasteiger partial charge in [0.05, 0.1) is 0 Å². The van der Waals surface area contributed by atoms with E-state index in [1.165, 1.54) is 116 Å². The third-order valence-electron chi connectivity index (χ3n) is 5.10. The Morgan fingerprint density at radius 1 is 0.423 bits per heavy atom. The van der Waals surface area contributed by atoms with Crippen molar-refractivity contribution in [3.63, 3.8) is 0 Å². The molecule has 0 saturated carbocycles. The van der Waals surface area contributed by atoms with Gasteiger partial charge in [0, 0.05) is 6.61 Å². The van der Waals surface area contributed by atoms with Gasteiger partial charge in [0.25, 0.3) is 0 Å². The predicted molar refractivity (Wildman–Crippen MR) is 119 cm³/mol. The molecule has 154 valence electrons. The Balaban J connectivity index is 3.09. The van der Waals surface area contributed by atoms with Gasteiger partial charge in [-0.25, -0.2) is 0 Å². The van der Waals surface area contributed by atoms with E-state index < -0.39 is 0 Å². The van der Waals surface area contributed by atoms with Crippen LogP contribution in [0.5, 0.6) is 0 Å². The molecule has 0 aromatic heterocycles. The monoisotopic (exact) mass is 364 g/mol. The minimum Gasteiger partial charge on any atom is -0.396 e. The van der Waals surface area contributed by atoms with Crippen molar-refractivity contribution in [2.75, 3.05) is 6.61 Å². The molecule has 1 nitrogen and oxygen atoms in total. The number of unbranched alkanes of at least 4 members (excludes halogenated alkanes) is 16. The van der Waals surface area contributed by atoms with E-state index in [0.29, 0.717) is 0 Å². The van der Waals surface area contributed by atoms with Crippen molar-refractivity contribution in [1.82, 2.24) is 0 Å². The molecular weight excluding hydrogens is 316 g/mol. The van der Waals surface area contributed by atoms with E-state index >= 15 is 0 Å². The highest BCUT2D eigenvalue weighted by molar-refractivity contribution is 4.82. The molecule has 0 aliphatic carbocycles. The van der Waals surface area contributed by atoms with Gasteiger partial charge in [0.2, 0.25) is 0 Å². The van der Waals surface area contributed by atoms with Gasteiger partial charge >= 0.3 is 0 Å². The van der Waals surface area contributed by atoms with Gasteiger partial charge in [-0.1, -0.05) is 108 Å². The van der Waals surface area contributed by atoms with E-state index in [0.717, 1.165) is 6.42 Å². The zero-order chi connectivity index (χ0) is 19.0. The Kier molecular flexibility index (Phi) is 23.9. The lowest BCUT2D eigenvalue weighted by Crippen LogP contribution is -1.81. The highest BCUT2D eigenvalue weighted by Crippen LogP contribution is 2.12. The van der Waals surface area contributed by atoms with Gasteiger partial charge in [-0.2, -0.15) is 0 Å². The number of aliphatic hydroxyl groups excluding tert-OH is 1. The topological polar surface area (TPSA) is 20.2 Å². The quantitative estimate of drug-likeness (QED) is 0.160. The van der Waals surface area contributed by atoms with Gasteiger partial charge in [-0.3, -0.25) is 0 Å². The van der Waals surface area contributed by atoms with Gasteiger partial charge in [0.1, 0.15) is 0 Å². The SMILES string of the molecule is CCCCCCCCCCCC/C=C/CCCCCCC/C=C/CCO. The Hall–Kier alpha value is -0.560. The average Bonchev–Trinajstić information content (AvgIpc) is 2.66. The minimum absolute atomic E-state index is 0.281. The van der Waals surface area contributed by atoms with Crippen molar-refractivity contribution in [2.45, 2.75) is 129 Å². The highest BCUT2D eigenvalue weighted by Gasteiger charge is 1.92. The molecule has 1 heteroatoms. The smallest absolute Gasteiger partial charge is 0.0465 e. The third kappa shape index (κ3) is 23.4. The Morgan fingerprint density at radius 2 is 0.731 bits per heavy atom. The van der Waals surface area contributed by atoms with Crippen molar-refractivity contribution in [3.8, 4) is 0 Å². The summed E-state index contributed by atoms with van der Waals surface area (Å²) < 4.78 is 0. The van der Waals surface area contributed by atoms with Crippen LogP contribution in [-0.4, -0.2) is 11.7 Å². The van der Waals surface area contributed by atoms with Gasteiger partial charge in [-0.15, -0.1) is 0 Å². The maximum Gasteiger partial charge on any atom is 0.0465 e. The third-order valence-corrected chi connectivity index (χ3v) is 5.10. The number of hydrogen-bond donors (Lipinski definition) is 1. The molecule has 0 saturated heterocycles. The Morgan fingerprint density at radius 3 is 1.08 bits per heavy atom. The van der Waals surface area contributed by atoms with Crippen LogP contribution in [0.3, 0.4) is 0 Å². The maximum absolute atomic E-state index is 8.67.